The Morgan fingerprint density at radius 1 is 0.556 bits per heavy atom. The first-order valence-corrected chi connectivity index (χ1v) is 34.9. The zero-order valence-corrected chi connectivity index (χ0v) is 58.3. The van der Waals surface area contributed by atoms with Crippen molar-refractivity contribution in [3.05, 3.63) is 53.6 Å². The van der Waals surface area contributed by atoms with Crippen LogP contribution in [0, 0.1) is 16.7 Å². The SMILES string of the molecule is CO[C@H]1C[C@H](O[C@H]2[C@@H](OC)C[C@H](O[C@H]3CC[C@@]4(C)C(=CC[C@]5(O)[C@@H]4C[C@@H](OC(=O)/C=C/c4ccccc4)[C@@]4(C)[C@]5(O)CC[C@@]4(O)C(C)=O)C3)O[C@@H]2C)O[C@@H](C)[C@H]1O[C@H]1C[C@H](OC)[C@H](O[C@H]2C[C@@H](OC)[C@@H](O[C@@H]3O[C@H](CO)[C@@H](O[C@@H]4O[C@H](CO)[C@@H](O)[C@H](O)[C@H]4O)[C@H](O)[C@H]3O)[C@H](C)O2)[C@@H](C)O1. The van der Waals surface area contributed by atoms with Crippen LogP contribution in [-0.2, 0) is 90.1 Å². The fourth-order valence-electron chi connectivity index (χ4n) is 18.0. The Hall–Kier alpha value is -3.20. The summed E-state index contributed by atoms with van der Waals surface area (Å²) in [5, 5.41) is 112. The number of hydrogen-bond donors (Lipinski definition) is 10. The van der Waals surface area contributed by atoms with E-state index in [9.17, 15) is 60.7 Å². The van der Waals surface area contributed by atoms with Crippen LogP contribution in [0.3, 0.4) is 0 Å². The van der Waals surface area contributed by atoms with Gasteiger partial charge in [0.1, 0.15) is 96.2 Å². The van der Waals surface area contributed by atoms with Crippen molar-refractivity contribution in [1.29, 1.82) is 0 Å². The number of aliphatic hydroxyl groups excluding tert-OH is 7. The molecule has 34 atom stereocenters. The highest BCUT2D eigenvalue weighted by Crippen LogP contribution is 2.71. The summed E-state index contributed by atoms with van der Waals surface area (Å²) >= 11 is 0. The Labute approximate surface area is 577 Å². The van der Waals surface area contributed by atoms with Crippen molar-refractivity contribution < 1.29 is 141 Å². The van der Waals surface area contributed by atoms with Crippen molar-refractivity contribution in [1.82, 2.24) is 0 Å². The number of aliphatic hydroxyl groups is 10. The van der Waals surface area contributed by atoms with Gasteiger partial charge in [-0.05, 0) is 104 Å². The first-order valence-electron chi connectivity index (χ1n) is 34.9. The number of benzene rings is 1. The minimum atomic E-state index is -2.07. The molecule has 4 aliphatic carbocycles. The maximum absolute atomic E-state index is 13.7. The maximum Gasteiger partial charge on any atom is 0.331 e. The van der Waals surface area contributed by atoms with Crippen LogP contribution < -0.4 is 0 Å². The summed E-state index contributed by atoms with van der Waals surface area (Å²) in [5.41, 5.74) is -6.45. The van der Waals surface area contributed by atoms with Gasteiger partial charge in [0.2, 0.25) is 0 Å². The van der Waals surface area contributed by atoms with E-state index in [1.807, 2.05) is 57.2 Å². The van der Waals surface area contributed by atoms with Crippen molar-refractivity contribution in [2.24, 2.45) is 16.7 Å². The van der Waals surface area contributed by atoms with Gasteiger partial charge in [0.05, 0.1) is 73.6 Å². The van der Waals surface area contributed by atoms with Crippen molar-refractivity contribution >= 4 is 17.8 Å². The number of fused-ring (bicyclic) bond motifs is 5. The molecule has 0 unspecified atom stereocenters. The van der Waals surface area contributed by atoms with Gasteiger partial charge < -0.3 is 132 Å². The average Bonchev–Trinajstić information content (AvgIpc) is 1.60. The van der Waals surface area contributed by atoms with Crippen LogP contribution in [0.1, 0.15) is 125 Å². The highest BCUT2D eigenvalue weighted by atomic mass is 16.8. The molecule has 6 saturated heterocycles. The molecule has 0 bridgehead atoms. The van der Waals surface area contributed by atoms with E-state index in [2.05, 4.69) is 6.92 Å². The summed E-state index contributed by atoms with van der Waals surface area (Å²) in [4.78, 5) is 27.1. The van der Waals surface area contributed by atoms with Crippen molar-refractivity contribution in [2.45, 2.75) is 308 Å². The van der Waals surface area contributed by atoms with Crippen LogP contribution in [0.5, 0.6) is 0 Å². The average molecular weight is 1410 g/mol. The number of rotatable bonds is 22. The number of carbonyl (C=O) groups is 2. The number of esters is 1. The molecular weight excluding hydrogens is 1300 g/mol. The Morgan fingerprint density at radius 3 is 1.51 bits per heavy atom. The Morgan fingerprint density at radius 2 is 1.02 bits per heavy atom. The molecule has 0 amide bonds. The number of ether oxygens (including phenoxy) is 17. The molecule has 0 spiro atoms. The maximum atomic E-state index is 13.7. The second-order valence-corrected chi connectivity index (χ2v) is 29.2. The molecule has 6 aliphatic heterocycles. The van der Waals surface area contributed by atoms with Crippen LogP contribution >= 0.6 is 0 Å². The minimum Gasteiger partial charge on any atom is -0.458 e. The Balaban J connectivity index is 0.658. The monoisotopic (exact) mass is 1410 g/mol. The van der Waals surface area contributed by atoms with E-state index in [1.54, 1.807) is 41.3 Å². The predicted octanol–water partition coefficient (Wildman–Crippen LogP) is 0.884. The molecule has 0 aromatic heterocycles. The summed E-state index contributed by atoms with van der Waals surface area (Å²) in [7, 11) is 6.25. The second-order valence-electron chi connectivity index (χ2n) is 29.2. The van der Waals surface area contributed by atoms with Crippen molar-refractivity contribution in [3.63, 3.8) is 0 Å². The normalized spacial score (nSPS) is 49.5. The topological polar surface area (TPSA) is 393 Å². The smallest absolute Gasteiger partial charge is 0.331 e. The highest BCUT2D eigenvalue weighted by Gasteiger charge is 2.81. The molecule has 10 N–H and O–H groups in total. The fourth-order valence-corrected chi connectivity index (χ4v) is 18.0. The molecule has 29 heteroatoms. The van der Waals surface area contributed by atoms with E-state index in [-0.39, 0.29) is 44.6 Å². The lowest BCUT2D eigenvalue weighted by atomic mass is 9.42. The number of methoxy groups -OCH3 is 4. The lowest BCUT2D eigenvalue weighted by Crippen LogP contribution is -2.78. The predicted molar refractivity (Wildman–Crippen MR) is 341 cm³/mol. The van der Waals surface area contributed by atoms with Crippen LogP contribution in [-0.4, -0.2) is 293 Å². The number of carbonyl (C=O) groups excluding carboxylic acids is 2. The van der Waals surface area contributed by atoms with Gasteiger partial charge >= 0.3 is 5.97 Å². The van der Waals surface area contributed by atoms with Gasteiger partial charge in [0.15, 0.2) is 43.5 Å². The van der Waals surface area contributed by atoms with Gasteiger partial charge in [0.25, 0.3) is 0 Å². The second kappa shape index (κ2) is 31.1. The largest absolute Gasteiger partial charge is 0.458 e. The van der Waals surface area contributed by atoms with Crippen LogP contribution in [0.2, 0.25) is 0 Å². The molecule has 1 aromatic rings. The van der Waals surface area contributed by atoms with E-state index in [0.717, 1.165) is 11.1 Å². The molecule has 0 radical (unpaired) electrons. The molecule has 10 aliphatic rings. The van der Waals surface area contributed by atoms with Gasteiger partial charge in [-0.3, -0.25) is 4.79 Å². The lowest BCUT2D eigenvalue weighted by molar-refractivity contribution is -0.376. The standard InChI is InChI=1S/C70H106O29/c1-33-59(41(83-8)26-50(87-33)91-40-20-21-66(6)39(25-40)19-22-69(81)47(66)30-48(94-49(74)18-17-38-15-13-12-14-16-38)67(7)68(80,37(5)73)23-24-70(67,69)82)95-51-27-42(84-9)60(34(2)88-51)96-52-28-43(85-10)61(35(3)89-52)97-53-29-44(86-11)62(36(4)90-53)98-65-58(79)56(77)63(46(32-72)93-65)99-64-57(78)55(76)54(75)45(31-71)92-64/h12-19,33-36,40-48,50-65,71-72,75-82H,20-32H2,1-11H3/b18-17+/t33-,34+,35-,36+,40+,41+,42+,43+,44-,45-,46-,47-,48-,50+,51+,52+,53+,54-,55+,56-,57-,58-,59-,60-,61-,62+,63-,64+,65+,66+,67-,68-,69+,70-/m1/s1. The third-order valence-corrected chi connectivity index (χ3v) is 23.8. The van der Waals surface area contributed by atoms with Crippen LogP contribution in [0.4, 0.5) is 0 Å². The number of hydrogen-bond acceptors (Lipinski definition) is 29. The number of Topliss-reactive ketones (excluding diaryl/α,β-unsaturated/α-hetero) is 1. The van der Waals surface area contributed by atoms with E-state index in [1.165, 1.54) is 20.1 Å². The molecule has 3 saturated carbocycles. The third kappa shape index (κ3) is 14.4. The highest BCUT2D eigenvalue weighted by molar-refractivity contribution is 5.89. The summed E-state index contributed by atoms with van der Waals surface area (Å²) in [6, 6.07) is 9.24. The summed E-state index contributed by atoms with van der Waals surface area (Å²) in [6.07, 6.45) is -20.6. The molecule has 29 nitrogen and oxygen atoms in total. The van der Waals surface area contributed by atoms with Gasteiger partial charge in [-0.2, -0.15) is 0 Å². The molecular formula is C70H106O29. The van der Waals surface area contributed by atoms with E-state index in [4.69, 9.17) is 80.5 Å². The summed E-state index contributed by atoms with van der Waals surface area (Å²) in [6.45, 7) is 10.8. The zero-order chi connectivity index (χ0) is 71.4. The Bertz CT molecular complexity index is 2930. The third-order valence-electron chi connectivity index (χ3n) is 23.8. The molecule has 99 heavy (non-hydrogen) atoms. The van der Waals surface area contributed by atoms with Crippen molar-refractivity contribution in [2.75, 3.05) is 41.7 Å². The lowest BCUT2D eigenvalue weighted by Gasteiger charge is -2.67. The van der Waals surface area contributed by atoms with Crippen LogP contribution in [0.15, 0.2) is 48.1 Å². The van der Waals surface area contributed by atoms with Gasteiger partial charge in [-0.15, -0.1) is 0 Å². The van der Waals surface area contributed by atoms with Crippen molar-refractivity contribution in [3.8, 4) is 0 Å². The van der Waals surface area contributed by atoms with E-state index < -0.39 is 224 Å². The van der Waals surface area contributed by atoms with E-state index >= 15 is 0 Å². The van der Waals surface area contributed by atoms with E-state index in [0.29, 0.717) is 32.1 Å². The minimum absolute atomic E-state index is 0.0547. The molecule has 9 fully saturated rings. The summed E-state index contributed by atoms with van der Waals surface area (Å²) < 4.78 is 106. The van der Waals surface area contributed by atoms with Gasteiger partial charge in [-0.25, -0.2) is 4.79 Å². The Kier molecular flexibility index (Phi) is 24.2. The first-order chi connectivity index (χ1) is 47.0. The first kappa shape index (κ1) is 76.9. The van der Waals surface area contributed by atoms with Crippen LogP contribution in [0.25, 0.3) is 6.08 Å². The fraction of sp³-hybridized carbons (Fsp3) is 0.829. The zero-order valence-electron chi connectivity index (χ0n) is 58.3. The number of ketones is 1. The quantitative estimate of drug-likeness (QED) is 0.0438. The summed E-state index contributed by atoms with van der Waals surface area (Å²) in [5.74, 6) is -1.88. The van der Waals surface area contributed by atoms with Gasteiger partial charge in [-0.1, -0.05) is 48.9 Å². The van der Waals surface area contributed by atoms with Gasteiger partial charge in [0, 0.05) is 66.1 Å². The molecule has 6 heterocycles. The molecule has 560 valence electrons. The molecule has 11 rings (SSSR count). The molecule has 1 aromatic carbocycles.